The maximum Gasteiger partial charge on any atom is 0.256 e. The molecule has 7 heteroatoms. The third kappa shape index (κ3) is 3.87. The Morgan fingerprint density at radius 3 is 2.46 bits per heavy atom. The van der Waals surface area contributed by atoms with Crippen molar-refractivity contribution in [2.24, 2.45) is 16.8 Å². The molecule has 190 valence electrons. The van der Waals surface area contributed by atoms with Crippen molar-refractivity contribution >= 4 is 28.6 Å². The number of nitrogens with zero attached hydrogens (tertiary/aromatic N) is 5. The molecule has 2 aromatic carbocycles. The summed E-state index contributed by atoms with van der Waals surface area (Å²) < 4.78 is 2.05. The van der Waals surface area contributed by atoms with Crippen LogP contribution in [-0.2, 0) is 9.59 Å². The predicted molar refractivity (Wildman–Crippen MR) is 143 cm³/mol. The van der Waals surface area contributed by atoms with E-state index in [0.717, 1.165) is 78.6 Å². The Hall–Kier alpha value is -3.48. The molecule has 2 saturated carbocycles. The summed E-state index contributed by atoms with van der Waals surface area (Å²) in [7, 11) is 0. The van der Waals surface area contributed by atoms with Gasteiger partial charge in [0, 0.05) is 42.5 Å². The summed E-state index contributed by atoms with van der Waals surface area (Å²) in [6.07, 6.45) is 6.64. The molecule has 0 bridgehead atoms. The molecule has 1 atom stereocenters. The van der Waals surface area contributed by atoms with Crippen molar-refractivity contribution in [3.63, 3.8) is 0 Å². The van der Waals surface area contributed by atoms with Gasteiger partial charge in [-0.05, 0) is 75.1 Å². The van der Waals surface area contributed by atoms with Crippen molar-refractivity contribution in [1.29, 1.82) is 0 Å². The smallest absolute Gasteiger partial charge is 0.256 e. The van der Waals surface area contributed by atoms with Gasteiger partial charge >= 0.3 is 0 Å². The van der Waals surface area contributed by atoms with Gasteiger partial charge in [0.1, 0.15) is 11.4 Å². The fourth-order valence-corrected chi connectivity index (χ4v) is 5.98. The largest absolute Gasteiger partial charge is 0.342 e. The van der Waals surface area contributed by atoms with Crippen LogP contribution < -0.4 is 0 Å². The normalized spacial score (nSPS) is 22.5. The highest BCUT2D eigenvalue weighted by atomic mass is 16.2. The zero-order chi connectivity index (χ0) is 25.3. The average Bonchev–Trinajstić information content (AvgIpc) is 3.79. The number of carbonyl (C=O) groups excluding carboxylic acids is 2. The van der Waals surface area contributed by atoms with Gasteiger partial charge in [-0.15, -0.1) is 0 Å². The fourth-order valence-electron chi connectivity index (χ4n) is 5.98. The Kier molecular flexibility index (Phi) is 5.07. The first-order chi connectivity index (χ1) is 17.9. The van der Waals surface area contributed by atoms with Crippen LogP contribution in [0.15, 0.2) is 53.7 Å². The second-order valence-electron chi connectivity index (χ2n) is 11.6. The second kappa shape index (κ2) is 8.27. The molecule has 1 spiro atoms. The molecule has 1 unspecified atom stereocenters. The van der Waals surface area contributed by atoms with Crippen molar-refractivity contribution in [1.82, 2.24) is 19.6 Å². The van der Waals surface area contributed by atoms with E-state index in [9.17, 15) is 9.59 Å². The van der Waals surface area contributed by atoms with Gasteiger partial charge in [0.15, 0.2) is 0 Å². The van der Waals surface area contributed by atoms with Crippen LogP contribution in [0.3, 0.4) is 0 Å². The maximum atomic E-state index is 13.4. The minimum absolute atomic E-state index is 0.145. The zero-order valence-corrected chi connectivity index (χ0v) is 21.6. The molecule has 3 aromatic rings. The molecule has 37 heavy (non-hydrogen) atoms. The Bertz CT molecular complexity index is 1430. The number of fused-ring (bicyclic) bond motifs is 1. The molecule has 2 aliphatic carbocycles. The highest BCUT2D eigenvalue weighted by Crippen LogP contribution is 2.46. The summed E-state index contributed by atoms with van der Waals surface area (Å²) in [5.74, 6) is 1.82. The Balaban J connectivity index is 1.11. The van der Waals surface area contributed by atoms with E-state index in [-0.39, 0.29) is 11.8 Å². The summed E-state index contributed by atoms with van der Waals surface area (Å²) in [4.78, 5) is 34.8. The monoisotopic (exact) mass is 495 g/mol. The van der Waals surface area contributed by atoms with E-state index in [1.54, 1.807) is 0 Å². The van der Waals surface area contributed by atoms with Crippen LogP contribution in [0.1, 0.15) is 57.6 Å². The van der Waals surface area contributed by atoms with Crippen LogP contribution >= 0.6 is 0 Å². The number of hydrogen-bond acceptors (Lipinski definition) is 4. The summed E-state index contributed by atoms with van der Waals surface area (Å²) in [5, 5.41) is 5.67. The summed E-state index contributed by atoms with van der Waals surface area (Å²) in [6, 6.07) is 15.2. The predicted octanol–water partition coefficient (Wildman–Crippen LogP) is 4.66. The fraction of sp³-hybridized carbons (Fsp3) is 0.467. The number of likely N-dealkylation sites (tertiary alicyclic amines) is 1. The van der Waals surface area contributed by atoms with Crippen LogP contribution in [0.5, 0.6) is 0 Å². The third-order valence-electron chi connectivity index (χ3n) is 8.47. The van der Waals surface area contributed by atoms with Crippen LogP contribution in [0, 0.1) is 11.8 Å². The lowest BCUT2D eigenvalue weighted by atomic mass is 10.0. The maximum absolute atomic E-state index is 13.4. The first-order valence-electron chi connectivity index (χ1n) is 13.7. The van der Waals surface area contributed by atoms with Gasteiger partial charge in [0.25, 0.3) is 5.91 Å². The number of amidine groups is 1. The number of amides is 2. The number of aromatic nitrogens is 2. The van der Waals surface area contributed by atoms with Gasteiger partial charge < -0.3 is 4.90 Å². The lowest BCUT2D eigenvalue weighted by Gasteiger charge is -2.23. The van der Waals surface area contributed by atoms with E-state index >= 15 is 0 Å². The van der Waals surface area contributed by atoms with Gasteiger partial charge in [-0.25, -0.2) is 0 Å². The SMILES string of the molecule is CC(C)n1ncc2cc(-c3ccc(C4=NC5(CC5)C(=O)N4CC4CCN(C(=O)C5CC5)C4)cc3)ccc21. The van der Waals surface area contributed by atoms with E-state index in [0.29, 0.717) is 24.4 Å². The minimum atomic E-state index is -0.530. The highest BCUT2D eigenvalue weighted by Gasteiger charge is 2.57. The zero-order valence-electron chi connectivity index (χ0n) is 21.6. The highest BCUT2D eigenvalue weighted by molar-refractivity contribution is 6.16. The van der Waals surface area contributed by atoms with Crippen LogP contribution in [0.4, 0.5) is 0 Å². The van der Waals surface area contributed by atoms with E-state index in [4.69, 9.17) is 4.99 Å². The molecule has 0 N–H and O–H groups in total. The van der Waals surface area contributed by atoms with Crippen molar-refractivity contribution in [3.05, 3.63) is 54.2 Å². The van der Waals surface area contributed by atoms with E-state index in [1.165, 1.54) is 0 Å². The number of benzene rings is 2. The molecule has 2 amide bonds. The first-order valence-corrected chi connectivity index (χ1v) is 13.7. The van der Waals surface area contributed by atoms with Crippen molar-refractivity contribution in [2.45, 2.75) is 57.5 Å². The van der Waals surface area contributed by atoms with Gasteiger partial charge in [-0.3, -0.25) is 24.2 Å². The van der Waals surface area contributed by atoms with E-state index in [1.807, 2.05) is 20.7 Å². The number of carbonyl (C=O) groups is 2. The Morgan fingerprint density at radius 1 is 1.03 bits per heavy atom. The average molecular weight is 496 g/mol. The molecule has 1 aromatic heterocycles. The lowest BCUT2D eigenvalue weighted by Crippen LogP contribution is -2.40. The molecule has 1 saturated heterocycles. The summed E-state index contributed by atoms with van der Waals surface area (Å²) >= 11 is 0. The number of hydrogen-bond donors (Lipinski definition) is 0. The van der Waals surface area contributed by atoms with Crippen molar-refractivity contribution in [2.75, 3.05) is 19.6 Å². The minimum Gasteiger partial charge on any atom is -0.342 e. The van der Waals surface area contributed by atoms with Gasteiger partial charge in [-0.1, -0.05) is 30.3 Å². The standard InChI is InChI=1S/C30H33N5O2/c1-19(2)35-26-10-9-24(15-25(26)16-31-35)21-3-5-22(6-4-21)27-32-30(12-13-30)29(37)34(27)18-20-11-14-33(17-20)28(36)23-7-8-23/h3-6,9-10,15-16,19-20,23H,7-8,11-14,17-18H2,1-2H3. The van der Waals surface area contributed by atoms with Crippen molar-refractivity contribution < 1.29 is 9.59 Å². The van der Waals surface area contributed by atoms with Gasteiger partial charge in [0.2, 0.25) is 5.91 Å². The molecule has 3 fully saturated rings. The van der Waals surface area contributed by atoms with Gasteiger partial charge in [0.05, 0.1) is 11.7 Å². The lowest BCUT2D eigenvalue weighted by molar-refractivity contribution is -0.131. The van der Waals surface area contributed by atoms with Crippen LogP contribution in [0.2, 0.25) is 0 Å². The third-order valence-corrected chi connectivity index (χ3v) is 8.47. The van der Waals surface area contributed by atoms with Gasteiger partial charge in [-0.2, -0.15) is 5.10 Å². The summed E-state index contributed by atoms with van der Waals surface area (Å²) in [5.41, 5.74) is 3.87. The molecule has 7 nitrogen and oxygen atoms in total. The molecule has 2 aliphatic heterocycles. The molecule has 3 heterocycles. The number of rotatable bonds is 6. The molecule has 7 rings (SSSR count). The Morgan fingerprint density at radius 2 is 1.76 bits per heavy atom. The second-order valence-corrected chi connectivity index (χ2v) is 11.6. The van der Waals surface area contributed by atoms with Crippen molar-refractivity contribution in [3.8, 4) is 11.1 Å². The topological polar surface area (TPSA) is 70.8 Å². The van der Waals surface area contributed by atoms with Crippen LogP contribution in [-0.4, -0.2) is 62.4 Å². The summed E-state index contributed by atoms with van der Waals surface area (Å²) in [6.45, 7) is 6.50. The molecule has 0 radical (unpaired) electrons. The quantitative estimate of drug-likeness (QED) is 0.499. The first kappa shape index (κ1) is 22.7. The molecule has 4 aliphatic rings. The molecular weight excluding hydrogens is 462 g/mol. The van der Waals surface area contributed by atoms with E-state index in [2.05, 4.69) is 61.4 Å². The molecular formula is C30H33N5O2. The number of aliphatic imine (C=N–C) groups is 1. The Labute approximate surface area is 217 Å². The van der Waals surface area contributed by atoms with Crippen LogP contribution in [0.25, 0.3) is 22.0 Å². The van der Waals surface area contributed by atoms with E-state index < -0.39 is 5.54 Å².